The second kappa shape index (κ2) is 11.2. The van der Waals surface area contributed by atoms with Crippen LogP contribution >= 0.6 is 0 Å². The second-order valence-corrected chi connectivity index (χ2v) is 7.56. The minimum absolute atomic E-state index is 0.0484. The Balaban J connectivity index is 1.43. The fraction of sp³-hybridized carbons (Fsp3) is 0.417. The van der Waals surface area contributed by atoms with E-state index in [2.05, 4.69) is 21.2 Å². The molecule has 31 heavy (non-hydrogen) atoms. The summed E-state index contributed by atoms with van der Waals surface area (Å²) in [4.78, 5) is 16.9. The van der Waals surface area contributed by atoms with Crippen LogP contribution in [0.5, 0.6) is 11.5 Å². The number of benzene rings is 2. The van der Waals surface area contributed by atoms with Gasteiger partial charge in [0.2, 0.25) is 5.91 Å². The number of nitrogens with one attached hydrogen (secondary N) is 1. The normalized spacial score (nSPS) is 14.4. The summed E-state index contributed by atoms with van der Waals surface area (Å²) in [6, 6.07) is 15.7. The lowest BCUT2D eigenvalue weighted by Gasteiger charge is -2.23. The van der Waals surface area contributed by atoms with Crippen LogP contribution in [0.1, 0.15) is 17.5 Å². The van der Waals surface area contributed by atoms with Gasteiger partial charge in [-0.15, -0.1) is 0 Å². The van der Waals surface area contributed by atoms with Crippen molar-refractivity contribution in [3.8, 4) is 17.6 Å². The van der Waals surface area contributed by atoms with E-state index in [1.165, 1.54) is 0 Å². The van der Waals surface area contributed by atoms with Gasteiger partial charge in [-0.2, -0.15) is 5.26 Å². The summed E-state index contributed by atoms with van der Waals surface area (Å²) in [7, 11) is 3.23. The van der Waals surface area contributed by atoms with Crippen LogP contribution in [0.3, 0.4) is 0 Å². The molecule has 7 nitrogen and oxygen atoms in total. The zero-order valence-corrected chi connectivity index (χ0v) is 18.3. The van der Waals surface area contributed by atoms with Crippen LogP contribution in [0.2, 0.25) is 0 Å². The van der Waals surface area contributed by atoms with Crippen LogP contribution in [0.15, 0.2) is 42.5 Å². The number of nitriles is 1. The summed E-state index contributed by atoms with van der Waals surface area (Å²) in [5.74, 6) is 1.45. The predicted molar refractivity (Wildman–Crippen MR) is 121 cm³/mol. The average Bonchev–Trinajstić information content (AvgIpc) is 3.04. The number of nitrogens with zero attached hydrogens (tertiary/aromatic N) is 3. The van der Waals surface area contributed by atoms with Crippen molar-refractivity contribution in [2.75, 3.05) is 58.4 Å². The van der Waals surface area contributed by atoms with Gasteiger partial charge in [0.1, 0.15) is 0 Å². The molecular formula is C24H30N4O3. The van der Waals surface area contributed by atoms with Crippen molar-refractivity contribution >= 4 is 11.6 Å². The molecule has 1 saturated heterocycles. The Kier molecular flexibility index (Phi) is 8.13. The summed E-state index contributed by atoms with van der Waals surface area (Å²) in [5.41, 5.74) is 2.89. The second-order valence-electron chi connectivity index (χ2n) is 7.56. The Bertz CT molecular complexity index is 908. The fourth-order valence-corrected chi connectivity index (χ4v) is 3.78. The molecule has 2 aromatic rings. The molecule has 1 amide bonds. The van der Waals surface area contributed by atoms with E-state index in [1.807, 2.05) is 42.5 Å². The van der Waals surface area contributed by atoms with E-state index in [-0.39, 0.29) is 5.91 Å². The lowest BCUT2D eigenvalue weighted by atomic mass is 10.1. The number of anilines is 1. The molecule has 0 aromatic heterocycles. The molecule has 0 aliphatic carbocycles. The minimum atomic E-state index is 0.0484. The molecule has 3 rings (SSSR count). The van der Waals surface area contributed by atoms with Gasteiger partial charge >= 0.3 is 0 Å². The van der Waals surface area contributed by atoms with Crippen LogP contribution in [-0.4, -0.2) is 64.3 Å². The van der Waals surface area contributed by atoms with Gasteiger partial charge in [0.25, 0.3) is 0 Å². The number of carbonyl (C=O) groups excluding carboxylic acids is 1. The van der Waals surface area contributed by atoms with Gasteiger partial charge in [-0.25, -0.2) is 0 Å². The highest BCUT2D eigenvalue weighted by atomic mass is 16.5. The number of carbonyl (C=O) groups is 1. The van der Waals surface area contributed by atoms with Crippen LogP contribution in [0, 0.1) is 11.3 Å². The maximum Gasteiger partial charge on any atom is 0.234 e. The Morgan fingerprint density at radius 1 is 1.03 bits per heavy atom. The van der Waals surface area contributed by atoms with Gasteiger partial charge in [0, 0.05) is 38.4 Å². The number of ether oxygens (including phenoxy) is 2. The highest BCUT2D eigenvalue weighted by Gasteiger charge is 2.17. The summed E-state index contributed by atoms with van der Waals surface area (Å²) in [6.07, 6.45) is 1.73. The molecule has 1 aliphatic rings. The van der Waals surface area contributed by atoms with Crippen molar-refractivity contribution in [3.63, 3.8) is 0 Å². The molecule has 2 aromatic carbocycles. The summed E-state index contributed by atoms with van der Waals surface area (Å²) in [6.45, 7) is 4.54. The summed E-state index contributed by atoms with van der Waals surface area (Å²) < 4.78 is 10.6. The Morgan fingerprint density at radius 2 is 1.81 bits per heavy atom. The monoisotopic (exact) mass is 422 g/mol. The van der Waals surface area contributed by atoms with Gasteiger partial charge in [0.05, 0.1) is 32.4 Å². The van der Waals surface area contributed by atoms with Crippen molar-refractivity contribution in [2.45, 2.75) is 12.8 Å². The molecule has 0 spiro atoms. The van der Waals surface area contributed by atoms with Crippen molar-refractivity contribution in [1.82, 2.24) is 10.2 Å². The van der Waals surface area contributed by atoms with E-state index >= 15 is 0 Å². The van der Waals surface area contributed by atoms with Crippen LogP contribution in [-0.2, 0) is 11.2 Å². The summed E-state index contributed by atoms with van der Waals surface area (Å²) in [5, 5.41) is 12.0. The van der Waals surface area contributed by atoms with Crippen molar-refractivity contribution in [2.24, 2.45) is 0 Å². The molecule has 0 radical (unpaired) electrons. The van der Waals surface area contributed by atoms with Crippen LogP contribution in [0.25, 0.3) is 0 Å². The first-order valence-electron chi connectivity index (χ1n) is 10.6. The van der Waals surface area contributed by atoms with E-state index in [0.717, 1.165) is 50.3 Å². The first-order chi connectivity index (χ1) is 15.1. The Labute approximate surface area is 184 Å². The third-order valence-electron chi connectivity index (χ3n) is 5.50. The fourth-order valence-electron chi connectivity index (χ4n) is 3.78. The first-order valence-corrected chi connectivity index (χ1v) is 10.6. The summed E-state index contributed by atoms with van der Waals surface area (Å²) >= 11 is 0. The molecule has 0 saturated carbocycles. The third-order valence-corrected chi connectivity index (χ3v) is 5.50. The average molecular weight is 423 g/mol. The Hall–Kier alpha value is -3.24. The molecule has 0 unspecified atom stereocenters. The minimum Gasteiger partial charge on any atom is -0.493 e. The largest absolute Gasteiger partial charge is 0.493 e. The Morgan fingerprint density at radius 3 is 2.52 bits per heavy atom. The van der Waals surface area contributed by atoms with Gasteiger partial charge in [0.15, 0.2) is 11.5 Å². The zero-order valence-electron chi connectivity index (χ0n) is 18.3. The number of rotatable bonds is 8. The molecule has 164 valence electrons. The standard InChI is InChI=1S/C24H30N4O3/c1-30-22-9-6-19(16-23(22)31-2)10-11-26-24(29)18-27-12-3-13-28(15-14-27)21-7-4-20(17-25)5-8-21/h4-9,16H,3,10-15,18H2,1-2H3,(H,26,29). The molecule has 1 heterocycles. The number of hydrogen-bond donors (Lipinski definition) is 1. The molecule has 1 N–H and O–H groups in total. The van der Waals surface area contributed by atoms with Crippen LogP contribution in [0.4, 0.5) is 5.69 Å². The topological polar surface area (TPSA) is 77.8 Å². The number of methoxy groups -OCH3 is 2. The maximum atomic E-state index is 12.4. The van der Waals surface area contributed by atoms with Crippen molar-refractivity contribution < 1.29 is 14.3 Å². The van der Waals surface area contributed by atoms with Gasteiger partial charge < -0.3 is 19.7 Å². The van der Waals surface area contributed by atoms with Crippen molar-refractivity contribution in [1.29, 1.82) is 5.26 Å². The first kappa shape index (κ1) is 22.4. The van der Waals surface area contributed by atoms with E-state index in [4.69, 9.17) is 14.7 Å². The molecule has 7 heteroatoms. The zero-order chi connectivity index (χ0) is 22.1. The molecule has 0 bridgehead atoms. The smallest absolute Gasteiger partial charge is 0.234 e. The maximum absolute atomic E-state index is 12.4. The highest BCUT2D eigenvalue weighted by molar-refractivity contribution is 5.78. The van der Waals surface area contributed by atoms with Crippen molar-refractivity contribution in [3.05, 3.63) is 53.6 Å². The lowest BCUT2D eigenvalue weighted by molar-refractivity contribution is -0.122. The quantitative estimate of drug-likeness (QED) is 0.704. The SMILES string of the molecule is COc1ccc(CCNC(=O)CN2CCCN(c3ccc(C#N)cc3)CC2)cc1OC. The van der Waals surface area contributed by atoms with E-state index < -0.39 is 0 Å². The molecule has 0 atom stereocenters. The van der Waals surface area contributed by atoms with E-state index in [9.17, 15) is 4.79 Å². The van der Waals surface area contributed by atoms with E-state index in [1.54, 1.807) is 14.2 Å². The lowest BCUT2D eigenvalue weighted by Crippen LogP contribution is -2.39. The predicted octanol–water partition coefficient (Wildman–Crippen LogP) is 2.45. The third kappa shape index (κ3) is 6.37. The van der Waals surface area contributed by atoms with Gasteiger partial charge in [-0.1, -0.05) is 6.07 Å². The molecule has 1 aliphatic heterocycles. The number of hydrogen-bond acceptors (Lipinski definition) is 6. The van der Waals surface area contributed by atoms with Crippen LogP contribution < -0.4 is 19.7 Å². The highest BCUT2D eigenvalue weighted by Crippen LogP contribution is 2.27. The van der Waals surface area contributed by atoms with E-state index in [0.29, 0.717) is 30.2 Å². The van der Waals surface area contributed by atoms with Gasteiger partial charge in [-0.05, 0) is 54.8 Å². The molecular weight excluding hydrogens is 392 g/mol. The number of amides is 1. The molecule has 1 fully saturated rings. The van der Waals surface area contributed by atoms with Gasteiger partial charge in [-0.3, -0.25) is 9.69 Å².